The molecule has 1 aliphatic heterocycles. The third-order valence-electron chi connectivity index (χ3n) is 4.51. The van der Waals surface area contributed by atoms with Gasteiger partial charge in [0.25, 0.3) is 5.56 Å². The van der Waals surface area contributed by atoms with Crippen LogP contribution in [0.4, 0.5) is 0 Å². The maximum absolute atomic E-state index is 12.4. The zero-order valence-electron chi connectivity index (χ0n) is 15.8. The highest BCUT2D eigenvalue weighted by molar-refractivity contribution is 5.75. The molecule has 1 amide bonds. The molecule has 3 aromatic rings. The van der Waals surface area contributed by atoms with Crippen LogP contribution in [0.3, 0.4) is 0 Å². The molecule has 1 aliphatic rings. The molecule has 148 valence electrons. The van der Waals surface area contributed by atoms with Crippen molar-refractivity contribution in [2.75, 3.05) is 13.9 Å². The lowest BCUT2D eigenvalue weighted by atomic mass is 10.1. The summed E-state index contributed by atoms with van der Waals surface area (Å²) in [6, 6.07) is 14.1. The number of methoxy groups -OCH3 is 1. The number of hydrogen-bond acceptors (Lipinski definition) is 6. The van der Waals surface area contributed by atoms with Crippen LogP contribution in [0.5, 0.6) is 17.2 Å². The lowest BCUT2D eigenvalue weighted by Crippen LogP contribution is -2.31. The maximum atomic E-state index is 12.4. The fourth-order valence-electron chi connectivity index (χ4n) is 2.91. The fourth-order valence-corrected chi connectivity index (χ4v) is 2.91. The largest absolute Gasteiger partial charge is 0.497 e. The van der Waals surface area contributed by atoms with Gasteiger partial charge in [-0.05, 0) is 35.9 Å². The molecule has 8 heteroatoms. The SMILES string of the molecule is COc1ccc(CNC(=O)Cn2cnc(-c3ccc4c(c3)OCO4)cc2=O)cc1. The van der Waals surface area contributed by atoms with Gasteiger partial charge >= 0.3 is 0 Å². The molecule has 0 unspecified atom stereocenters. The Labute approximate surface area is 166 Å². The van der Waals surface area contributed by atoms with Gasteiger partial charge in [0.1, 0.15) is 12.3 Å². The number of fused-ring (bicyclic) bond motifs is 1. The van der Waals surface area contributed by atoms with Crippen molar-refractivity contribution in [2.24, 2.45) is 0 Å². The van der Waals surface area contributed by atoms with Crippen LogP contribution in [0.15, 0.2) is 59.7 Å². The van der Waals surface area contributed by atoms with Gasteiger partial charge < -0.3 is 19.5 Å². The molecule has 0 aliphatic carbocycles. The van der Waals surface area contributed by atoms with Gasteiger partial charge in [-0.1, -0.05) is 12.1 Å². The molecule has 1 N–H and O–H groups in total. The highest BCUT2D eigenvalue weighted by atomic mass is 16.7. The van der Waals surface area contributed by atoms with Crippen molar-refractivity contribution >= 4 is 5.91 Å². The minimum Gasteiger partial charge on any atom is -0.497 e. The van der Waals surface area contributed by atoms with Crippen molar-refractivity contribution in [3.63, 3.8) is 0 Å². The van der Waals surface area contributed by atoms with Gasteiger partial charge in [0.05, 0.1) is 19.1 Å². The zero-order valence-corrected chi connectivity index (χ0v) is 15.8. The number of carbonyl (C=O) groups is 1. The Morgan fingerprint density at radius 2 is 1.93 bits per heavy atom. The van der Waals surface area contributed by atoms with Crippen LogP contribution in [0.2, 0.25) is 0 Å². The lowest BCUT2D eigenvalue weighted by molar-refractivity contribution is -0.121. The Hall–Kier alpha value is -3.81. The van der Waals surface area contributed by atoms with E-state index in [2.05, 4.69) is 10.3 Å². The minimum atomic E-state index is -0.313. The summed E-state index contributed by atoms with van der Waals surface area (Å²) in [6.07, 6.45) is 1.37. The van der Waals surface area contributed by atoms with Crippen LogP contribution in [-0.4, -0.2) is 29.4 Å². The quantitative estimate of drug-likeness (QED) is 0.688. The first-order valence-corrected chi connectivity index (χ1v) is 8.98. The Balaban J connectivity index is 1.40. The summed E-state index contributed by atoms with van der Waals surface area (Å²) < 4.78 is 17.0. The van der Waals surface area contributed by atoms with E-state index in [4.69, 9.17) is 14.2 Å². The van der Waals surface area contributed by atoms with Crippen molar-refractivity contribution < 1.29 is 19.0 Å². The van der Waals surface area contributed by atoms with Gasteiger partial charge in [0, 0.05) is 18.2 Å². The first-order chi connectivity index (χ1) is 14.1. The van der Waals surface area contributed by atoms with Gasteiger partial charge in [0.2, 0.25) is 12.7 Å². The summed E-state index contributed by atoms with van der Waals surface area (Å²) in [5, 5.41) is 2.79. The normalized spacial score (nSPS) is 11.9. The molecule has 0 bridgehead atoms. The molecule has 0 saturated carbocycles. The number of rotatable bonds is 6. The Bertz CT molecular complexity index is 1090. The first-order valence-electron chi connectivity index (χ1n) is 8.98. The number of aromatic nitrogens is 2. The Morgan fingerprint density at radius 3 is 2.69 bits per heavy atom. The summed E-state index contributed by atoms with van der Waals surface area (Å²) in [4.78, 5) is 28.9. The molecule has 4 rings (SSSR count). The van der Waals surface area contributed by atoms with Gasteiger partial charge in [-0.15, -0.1) is 0 Å². The third kappa shape index (κ3) is 4.21. The van der Waals surface area contributed by atoms with Crippen LogP contribution in [0, 0.1) is 0 Å². The van der Waals surface area contributed by atoms with Crippen molar-refractivity contribution in [2.45, 2.75) is 13.1 Å². The van der Waals surface area contributed by atoms with Gasteiger partial charge in [-0.3, -0.25) is 14.2 Å². The van der Waals surface area contributed by atoms with Gasteiger partial charge in [0.15, 0.2) is 11.5 Å². The fraction of sp³-hybridized carbons (Fsp3) is 0.190. The van der Waals surface area contributed by atoms with E-state index < -0.39 is 0 Å². The average Bonchev–Trinajstić information content (AvgIpc) is 3.22. The first kappa shape index (κ1) is 18.5. The molecule has 2 heterocycles. The summed E-state index contributed by atoms with van der Waals surface area (Å²) in [7, 11) is 1.60. The molecule has 2 aromatic carbocycles. The molecule has 0 atom stereocenters. The van der Waals surface area contributed by atoms with E-state index in [1.807, 2.05) is 24.3 Å². The standard InChI is InChI=1S/C21H19N3O5/c1-27-16-5-2-14(3-6-16)10-22-20(25)11-24-12-23-17(9-21(24)26)15-4-7-18-19(8-15)29-13-28-18/h2-9,12H,10-11,13H2,1H3,(H,22,25). The molecular weight excluding hydrogens is 374 g/mol. The van der Waals surface area contributed by atoms with Crippen LogP contribution in [0.1, 0.15) is 5.56 Å². The predicted octanol–water partition coefficient (Wildman–Crippen LogP) is 1.96. The summed E-state index contributed by atoms with van der Waals surface area (Å²) in [5.74, 6) is 1.75. The van der Waals surface area contributed by atoms with Crippen molar-refractivity contribution in [1.29, 1.82) is 0 Å². The second kappa shape index (κ2) is 8.05. The molecule has 0 radical (unpaired) electrons. The highest BCUT2D eigenvalue weighted by Gasteiger charge is 2.15. The molecule has 0 spiro atoms. The van der Waals surface area contributed by atoms with E-state index in [0.717, 1.165) is 16.9 Å². The lowest BCUT2D eigenvalue weighted by Gasteiger charge is -2.09. The van der Waals surface area contributed by atoms with Gasteiger partial charge in [-0.2, -0.15) is 0 Å². The zero-order chi connectivity index (χ0) is 20.2. The second-order valence-electron chi connectivity index (χ2n) is 6.43. The van der Waals surface area contributed by atoms with E-state index in [9.17, 15) is 9.59 Å². The number of carbonyl (C=O) groups excluding carboxylic acids is 1. The minimum absolute atomic E-state index is 0.108. The summed E-state index contributed by atoms with van der Waals surface area (Å²) in [6.45, 7) is 0.434. The van der Waals surface area contributed by atoms with E-state index >= 15 is 0 Å². The van der Waals surface area contributed by atoms with Crippen molar-refractivity contribution in [3.8, 4) is 28.5 Å². The number of nitrogens with one attached hydrogen (secondary N) is 1. The molecule has 0 saturated heterocycles. The van der Waals surface area contributed by atoms with E-state index in [1.54, 1.807) is 25.3 Å². The van der Waals surface area contributed by atoms with Crippen LogP contribution < -0.4 is 25.1 Å². The second-order valence-corrected chi connectivity index (χ2v) is 6.43. The van der Waals surface area contributed by atoms with Gasteiger partial charge in [-0.25, -0.2) is 4.98 Å². The number of amides is 1. The van der Waals surface area contributed by atoms with Crippen LogP contribution in [0.25, 0.3) is 11.3 Å². The van der Waals surface area contributed by atoms with E-state index in [1.165, 1.54) is 17.0 Å². The van der Waals surface area contributed by atoms with Crippen LogP contribution >= 0.6 is 0 Å². The maximum Gasteiger partial charge on any atom is 0.254 e. The van der Waals surface area contributed by atoms with E-state index in [0.29, 0.717) is 23.7 Å². The van der Waals surface area contributed by atoms with Crippen molar-refractivity contribution in [1.82, 2.24) is 14.9 Å². The number of hydrogen-bond donors (Lipinski definition) is 1. The molecule has 29 heavy (non-hydrogen) atoms. The Morgan fingerprint density at radius 1 is 1.14 bits per heavy atom. The summed E-state index contributed by atoms with van der Waals surface area (Å²) >= 11 is 0. The number of benzene rings is 2. The average molecular weight is 393 g/mol. The molecule has 0 fully saturated rings. The number of ether oxygens (including phenoxy) is 3. The number of nitrogens with zero attached hydrogens (tertiary/aromatic N) is 2. The monoisotopic (exact) mass is 393 g/mol. The third-order valence-corrected chi connectivity index (χ3v) is 4.51. The summed E-state index contributed by atoms with van der Waals surface area (Å²) in [5.41, 5.74) is 1.86. The smallest absolute Gasteiger partial charge is 0.254 e. The predicted molar refractivity (Wildman–Crippen MR) is 105 cm³/mol. The van der Waals surface area contributed by atoms with Crippen LogP contribution in [-0.2, 0) is 17.9 Å². The molecule has 8 nitrogen and oxygen atoms in total. The van der Waals surface area contributed by atoms with E-state index in [-0.39, 0.29) is 24.8 Å². The highest BCUT2D eigenvalue weighted by Crippen LogP contribution is 2.35. The molecular formula is C21H19N3O5. The molecule has 1 aromatic heterocycles. The topological polar surface area (TPSA) is 91.7 Å². The van der Waals surface area contributed by atoms with Crippen molar-refractivity contribution in [3.05, 3.63) is 70.8 Å². The Kier molecular flexibility index (Phi) is 5.15.